The second-order valence-corrected chi connectivity index (χ2v) is 6.07. The van der Waals surface area contributed by atoms with E-state index < -0.39 is 34.7 Å². The summed E-state index contributed by atoms with van der Waals surface area (Å²) in [6.45, 7) is 2.27. The van der Waals surface area contributed by atoms with E-state index in [0.29, 0.717) is 10.9 Å². The molecule has 0 bridgehead atoms. The molecular weight excluding hydrogens is 353 g/mol. The predicted octanol–water partition coefficient (Wildman–Crippen LogP) is 2.74. The van der Waals surface area contributed by atoms with Gasteiger partial charge in [0.15, 0.2) is 5.54 Å². The van der Waals surface area contributed by atoms with Crippen molar-refractivity contribution in [1.82, 2.24) is 4.98 Å². The zero-order valence-corrected chi connectivity index (χ0v) is 14.3. The summed E-state index contributed by atoms with van der Waals surface area (Å²) in [7, 11) is 1.15. The summed E-state index contributed by atoms with van der Waals surface area (Å²) in [5.74, 6) is -1.65. The van der Waals surface area contributed by atoms with Crippen molar-refractivity contribution in [2.24, 2.45) is 0 Å². The number of ether oxygens (including phenoxy) is 2. The van der Waals surface area contributed by atoms with Crippen LogP contribution in [0.4, 0.5) is 18.9 Å². The lowest BCUT2D eigenvalue weighted by atomic mass is 9.78. The number of hydrogen-bond donors (Lipinski definition) is 2. The maximum atomic E-state index is 14.1. The van der Waals surface area contributed by atoms with Crippen LogP contribution in [-0.4, -0.2) is 41.5 Å². The standard InChI is InChI=1S/C17H17F3N2O4/c1-4-26-14(23)15(2)16(24,17(18,19)20)11-12(22-15)9-7-5-6-8-10(9)21-13(11)25-3/h5-8,22,24H,4H2,1-3H3. The normalized spacial score (nSPS) is 24.9. The maximum Gasteiger partial charge on any atom is 0.424 e. The summed E-state index contributed by atoms with van der Waals surface area (Å²) in [6.07, 6.45) is -5.20. The second kappa shape index (κ2) is 5.73. The maximum absolute atomic E-state index is 14.1. The van der Waals surface area contributed by atoms with Crippen LogP contribution in [0.5, 0.6) is 5.88 Å². The Morgan fingerprint density at radius 1 is 1.35 bits per heavy atom. The van der Waals surface area contributed by atoms with Crippen molar-refractivity contribution in [1.29, 1.82) is 0 Å². The topological polar surface area (TPSA) is 80.7 Å². The highest BCUT2D eigenvalue weighted by Gasteiger charge is 2.74. The molecule has 140 valence electrons. The van der Waals surface area contributed by atoms with Gasteiger partial charge in [-0.1, -0.05) is 18.2 Å². The third-order valence-corrected chi connectivity index (χ3v) is 4.61. The van der Waals surface area contributed by atoms with Crippen LogP contribution in [0.3, 0.4) is 0 Å². The van der Waals surface area contributed by atoms with Gasteiger partial charge in [0.1, 0.15) is 0 Å². The van der Waals surface area contributed by atoms with Crippen molar-refractivity contribution in [2.45, 2.75) is 31.2 Å². The van der Waals surface area contributed by atoms with Gasteiger partial charge in [-0.15, -0.1) is 0 Å². The van der Waals surface area contributed by atoms with Crippen molar-refractivity contribution < 1.29 is 32.5 Å². The number of aliphatic hydroxyl groups is 1. The molecule has 0 aliphatic carbocycles. The molecule has 2 heterocycles. The van der Waals surface area contributed by atoms with Gasteiger partial charge in [0.2, 0.25) is 11.5 Å². The van der Waals surface area contributed by atoms with E-state index in [9.17, 15) is 23.1 Å². The molecule has 1 aliphatic rings. The molecular formula is C17H17F3N2O4. The first-order chi connectivity index (χ1) is 12.1. The minimum Gasteiger partial charge on any atom is -0.481 e. The van der Waals surface area contributed by atoms with Gasteiger partial charge in [0.25, 0.3) is 0 Å². The number of halogens is 3. The summed E-state index contributed by atoms with van der Waals surface area (Å²) in [5.41, 5.74) is -6.45. The van der Waals surface area contributed by atoms with E-state index >= 15 is 0 Å². The molecule has 0 fully saturated rings. The van der Waals surface area contributed by atoms with Gasteiger partial charge in [0.05, 0.1) is 30.5 Å². The number of anilines is 1. The summed E-state index contributed by atoms with van der Waals surface area (Å²) in [5, 5.41) is 13.7. The molecule has 2 atom stereocenters. The van der Waals surface area contributed by atoms with E-state index in [1.54, 1.807) is 24.3 Å². The third kappa shape index (κ3) is 2.16. The second-order valence-electron chi connectivity index (χ2n) is 6.07. The average molecular weight is 370 g/mol. The van der Waals surface area contributed by atoms with Crippen LogP contribution in [0.2, 0.25) is 0 Å². The third-order valence-electron chi connectivity index (χ3n) is 4.61. The highest BCUT2D eigenvalue weighted by atomic mass is 19.4. The average Bonchev–Trinajstić information content (AvgIpc) is 2.85. The number of aromatic nitrogens is 1. The van der Waals surface area contributed by atoms with Gasteiger partial charge >= 0.3 is 12.1 Å². The molecule has 0 spiro atoms. The van der Waals surface area contributed by atoms with Gasteiger partial charge in [0, 0.05) is 5.39 Å². The number of para-hydroxylation sites is 1. The Hall–Kier alpha value is -2.55. The molecule has 3 rings (SSSR count). The van der Waals surface area contributed by atoms with E-state index in [-0.39, 0.29) is 12.3 Å². The van der Waals surface area contributed by atoms with Crippen LogP contribution in [0.25, 0.3) is 10.9 Å². The Morgan fingerprint density at radius 3 is 2.58 bits per heavy atom. The number of rotatable bonds is 3. The predicted molar refractivity (Wildman–Crippen MR) is 86.9 cm³/mol. The SMILES string of the molecule is CCOC(=O)C1(C)Nc2c(c(OC)nc3ccccc23)C1(O)C(F)(F)F. The summed E-state index contributed by atoms with van der Waals surface area (Å²) in [6, 6.07) is 6.41. The lowest BCUT2D eigenvalue weighted by Gasteiger charge is -2.38. The fourth-order valence-electron chi connectivity index (χ4n) is 3.29. The molecule has 2 aromatic rings. The number of benzene rings is 1. The Balaban J connectivity index is 2.41. The van der Waals surface area contributed by atoms with Crippen LogP contribution >= 0.6 is 0 Å². The quantitative estimate of drug-likeness (QED) is 0.809. The number of alkyl halides is 3. The Kier molecular flexibility index (Phi) is 4.02. The number of nitrogens with one attached hydrogen (secondary N) is 1. The number of fused-ring (bicyclic) bond motifs is 3. The first-order valence-electron chi connectivity index (χ1n) is 7.83. The Morgan fingerprint density at radius 2 is 2.00 bits per heavy atom. The number of nitrogens with zero attached hydrogens (tertiary/aromatic N) is 1. The van der Waals surface area contributed by atoms with Crippen molar-refractivity contribution >= 4 is 22.6 Å². The highest BCUT2D eigenvalue weighted by molar-refractivity contribution is 6.01. The number of carbonyl (C=O) groups is 1. The molecule has 2 unspecified atom stereocenters. The van der Waals surface area contributed by atoms with Gasteiger partial charge < -0.3 is 19.9 Å². The molecule has 1 aromatic heterocycles. The Bertz CT molecular complexity index is 886. The number of pyridine rings is 1. The summed E-state index contributed by atoms with van der Waals surface area (Å²) >= 11 is 0. The van der Waals surface area contributed by atoms with Gasteiger partial charge in [-0.2, -0.15) is 13.2 Å². The minimum absolute atomic E-state index is 0.0668. The lowest BCUT2D eigenvalue weighted by molar-refractivity contribution is -0.283. The molecule has 0 radical (unpaired) electrons. The smallest absolute Gasteiger partial charge is 0.424 e. The fourth-order valence-corrected chi connectivity index (χ4v) is 3.29. The van der Waals surface area contributed by atoms with Crippen molar-refractivity contribution in [3.05, 3.63) is 29.8 Å². The molecule has 0 saturated carbocycles. The Labute approximate surface area is 146 Å². The van der Waals surface area contributed by atoms with E-state index in [1.807, 2.05) is 0 Å². The number of esters is 1. The van der Waals surface area contributed by atoms with E-state index in [2.05, 4.69) is 10.3 Å². The van der Waals surface area contributed by atoms with Gasteiger partial charge in [-0.05, 0) is 19.9 Å². The molecule has 26 heavy (non-hydrogen) atoms. The van der Waals surface area contributed by atoms with Gasteiger partial charge in [-0.3, -0.25) is 0 Å². The van der Waals surface area contributed by atoms with Crippen molar-refractivity contribution in [3.63, 3.8) is 0 Å². The van der Waals surface area contributed by atoms with E-state index in [0.717, 1.165) is 14.0 Å². The molecule has 9 heteroatoms. The van der Waals surface area contributed by atoms with E-state index in [4.69, 9.17) is 9.47 Å². The lowest BCUT2D eigenvalue weighted by Crippen LogP contribution is -2.63. The molecule has 1 aromatic carbocycles. The van der Waals surface area contributed by atoms with Crippen LogP contribution in [0, 0.1) is 0 Å². The highest BCUT2D eigenvalue weighted by Crippen LogP contribution is 2.58. The summed E-state index contributed by atoms with van der Waals surface area (Å²) < 4.78 is 52.0. The molecule has 0 amide bonds. The fraction of sp³-hybridized carbons (Fsp3) is 0.412. The van der Waals surface area contributed by atoms with Crippen LogP contribution < -0.4 is 10.1 Å². The van der Waals surface area contributed by atoms with Crippen LogP contribution in [0.15, 0.2) is 24.3 Å². The zero-order valence-electron chi connectivity index (χ0n) is 14.3. The van der Waals surface area contributed by atoms with Crippen LogP contribution in [-0.2, 0) is 15.1 Å². The first-order valence-corrected chi connectivity index (χ1v) is 7.83. The molecule has 1 aliphatic heterocycles. The number of methoxy groups -OCH3 is 1. The first kappa shape index (κ1) is 18.2. The zero-order chi connectivity index (χ0) is 19.3. The largest absolute Gasteiger partial charge is 0.481 e. The molecule has 2 N–H and O–H groups in total. The van der Waals surface area contributed by atoms with Crippen molar-refractivity contribution in [2.75, 3.05) is 19.0 Å². The monoisotopic (exact) mass is 370 g/mol. The van der Waals surface area contributed by atoms with Crippen LogP contribution in [0.1, 0.15) is 19.4 Å². The minimum atomic E-state index is -5.20. The number of hydrogen-bond acceptors (Lipinski definition) is 6. The van der Waals surface area contributed by atoms with Crippen molar-refractivity contribution in [3.8, 4) is 5.88 Å². The van der Waals surface area contributed by atoms with Gasteiger partial charge in [-0.25, -0.2) is 9.78 Å². The summed E-state index contributed by atoms with van der Waals surface area (Å²) in [4.78, 5) is 16.5. The molecule has 0 saturated heterocycles. The number of carbonyl (C=O) groups excluding carboxylic acids is 1. The molecule has 6 nitrogen and oxygen atoms in total. The van der Waals surface area contributed by atoms with E-state index in [1.165, 1.54) is 6.92 Å².